The highest BCUT2D eigenvalue weighted by Crippen LogP contribution is 2.34. The summed E-state index contributed by atoms with van der Waals surface area (Å²) in [7, 11) is 2.14. The normalized spacial score (nSPS) is 20.7. The van der Waals surface area contributed by atoms with Crippen LogP contribution in [0.5, 0.6) is 0 Å². The molecule has 1 unspecified atom stereocenters. The molecule has 1 fully saturated rings. The summed E-state index contributed by atoms with van der Waals surface area (Å²) in [5.41, 5.74) is 7.25. The van der Waals surface area contributed by atoms with Crippen molar-refractivity contribution in [1.29, 1.82) is 0 Å². The first kappa shape index (κ1) is 34.2. The summed E-state index contributed by atoms with van der Waals surface area (Å²) >= 11 is 0. The van der Waals surface area contributed by atoms with Crippen LogP contribution in [0.2, 0.25) is 0 Å². The molecule has 0 spiro atoms. The minimum atomic E-state index is -0.0966. The van der Waals surface area contributed by atoms with E-state index in [-0.39, 0.29) is 22.6 Å². The zero-order valence-electron chi connectivity index (χ0n) is 28.1. The Kier molecular flexibility index (Phi) is 11.5. The minimum absolute atomic E-state index is 0.0431. The van der Waals surface area contributed by atoms with E-state index >= 15 is 0 Å². The molecule has 0 saturated carbocycles. The Bertz CT molecular complexity index is 1370. The molecule has 0 bridgehead atoms. The van der Waals surface area contributed by atoms with E-state index in [1.807, 2.05) is 53.8 Å². The van der Waals surface area contributed by atoms with Crippen molar-refractivity contribution in [3.05, 3.63) is 69.9 Å². The smallest absolute Gasteiger partial charge is 0.258 e. The maximum atomic E-state index is 13.3. The van der Waals surface area contributed by atoms with E-state index in [9.17, 15) is 4.79 Å². The molecule has 2 aliphatic rings. The molecule has 1 N–H and O–H groups in total. The molecule has 0 aromatic carbocycles. The molecule has 6 nitrogen and oxygen atoms in total. The highest BCUT2D eigenvalue weighted by Gasteiger charge is 2.39. The average molecular weight is 562 g/mol. The lowest BCUT2D eigenvalue weighted by Crippen LogP contribution is -2.61. The number of aryl methyl sites for hydroxylation is 1. The van der Waals surface area contributed by atoms with Gasteiger partial charge < -0.3 is 10.2 Å². The van der Waals surface area contributed by atoms with Gasteiger partial charge in [0, 0.05) is 53.8 Å². The lowest BCUT2D eigenvalue weighted by atomic mass is 9.79. The van der Waals surface area contributed by atoms with Gasteiger partial charge in [-0.25, -0.2) is 4.98 Å². The van der Waals surface area contributed by atoms with Crippen LogP contribution < -0.4 is 15.8 Å². The van der Waals surface area contributed by atoms with Crippen molar-refractivity contribution in [2.24, 2.45) is 10.9 Å². The first-order chi connectivity index (χ1) is 19.2. The molecule has 1 atom stereocenters. The van der Waals surface area contributed by atoms with Gasteiger partial charge in [-0.3, -0.25) is 14.2 Å². The molecule has 2 aromatic heterocycles. The number of hydrogen-bond donors (Lipinski definition) is 1. The number of nitrogens with one attached hydrogen (secondary N) is 1. The van der Waals surface area contributed by atoms with Crippen molar-refractivity contribution in [2.45, 2.75) is 119 Å². The number of aromatic nitrogens is 2. The molecule has 41 heavy (non-hydrogen) atoms. The van der Waals surface area contributed by atoms with Crippen molar-refractivity contribution in [3.8, 4) is 0 Å². The van der Waals surface area contributed by atoms with Crippen molar-refractivity contribution in [1.82, 2.24) is 14.7 Å². The lowest BCUT2D eigenvalue weighted by Gasteiger charge is -2.49. The van der Waals surface area contributed by atoms with Gasteiger partial charge in [-0.2, -0.15) is 0 Å². The summed E-state index contributed by atoms with van der Waals surface area (Å²) in [4.78, 5) is 25.3. The third-order valence-electron chi connectivity index (χ3n) is 7.67. The van der Waals surface area contributed by atoms with Gasteiger partial charge in [-0.1, -0.05) is 54.2 Å². The van der Waals surface area contributed by atoms with Crippen molar-refractivity contribution < 1.29 is 0 Å². The second kappa shape index (κ2) is 13.8. The highest BCUT2D eigenvalue weighted by atomic mass is 16.1. The molecule has 6 heteroatoms. The van der Waals surface area contributed by atoms with E-state index in [0.29, 0.717) is 17.4 Å². The number of fused-ring (bicyclic) bond motifs is 1. The molecule has 0 amide bonds. The number of piperidine rings is 1. The van der Waals surface area contributed by atoms with Crippen LogP contribution in [-0.4, -0.2) is 39.3 Å². The molecule has 2 aromatic rings. The van der Waals surface area contributed by atoms with Crippen LogP contribution in [0, 0.1) is 12.8 Å². The second-order valence-electron chi connectivity index (χ2n) is 12.3. The van der Waals surface area contributed by atoms with Gasteiger partial charge in [-0.15, -0.1) is 0 Å². The Labute approximate surface area is 249 Å². The summed E-state index contributed by atoms with van der Waals surface area (Å²) in [5, 5.41) is 3.76. The Morgan fingerprint density at radius 1 is 1.12 bits per heavy atom. The Morgan fingerprint density at radius 2 is 1.71 bits per heavy atom. The van der Waals surface area contributed by atoms with Gasteiger partial charge in [0.25, 0.3) is 5.56 Å². The third kappa shape index (κ3) is 8.06. The number of nitrogens with zero attached hydrogens (tertiary/aromatic N) is 4. The van der Waals surface area contributed by atoms with Gasteiger partial charge in [-0.05, 0) is 89.7 Å². The Morgan fingerprint density at radius 3 is 2.27 bits per heavy atom. The van der Waals surface area contributed by atoms with Crippen LogP contribution >= 0.6 is 0 Å². The fourth-order valence-electron chi connectivity index (χ4n) is 6.25. The first-order valence-electron chi connectivity index (χ1n) is 15.4. The second-order valence-corrected chi connectivity index (χ2v) is 12.3. The zero-order valence-corrected chi connectivity index (χ0v) is 28.1. The lowest BCUT2D eigenvalue weighted by molar-refractivity contribution is 0.161. The number of allylic oxidation sites excluding steroid dienone is 5. The summed E-state index contributed by atoms with van der Waals surface area (Å²) in [6.07, 6.45) is 9.05. The Hall–Kier alpha value is -2.99. The molecule has 0 aliphatic carbocycles. The van der Waals surface area contributed by atoms with Crippen LogP contribution in [0.15, 0.2) is 58.1 Å². The summed E-state index contributed by atoms with van der Waals surface area (Å²) < 4.78 is 1.68. The summed E-state index contributed by atoms with van der Waals surface area (Å²) in [5.74, 6) is 0.246. The Balaban J connectivity index is 0.00000141. The zero-order chi connectivity index (χ0) is 31.3. The van der Waals surface area contributed by atoms with Gasteiger partial charge in [0.1, 0.15) is 5.65 Å². The monoisotopic (exact) mass is 561 g/mol. The van der Waals surface area contributed by atoms with E-state index in [0.717, 1.165) is 53.1 Å². The van der Waals surface area contributed by atoms with E-state index in [1.165, 1.54) is 0 Å². The highest BCUT2D eigenvalue weighted by molar-refractivity contribution is 6.04. The van der Waals surface area contributed by atoms with Crippen LogP contribution in [0.4, 0.5) is 5.69 Å². The maximum Gasteiger partial charge on any atom is 0.258 e. The average Bonchev–Trinajstić information content (AvgIpc) is 2.90. The molecular formula is C35H55N5O. The standard InChI is InChI=1S/C31H43N5O.2C2H6/c1-11-26-25(19(2)12-22(5)32-26)14-20(3)27-15-28(37)36-18-23(13-21(4)29(36)33-27)35(10)24-16-30(6,7)34-31(8,9)17-24;2*1-2/h12-15,18-19,24,34H,3,11,16-17H2,1-2,4-10H3;2*1-2H3/b25-14+;;. The predicted molar refractivity (Wildman–Crippen MR) is 179 cm³/mol. The molecule has 226 valence electrons. The first-order valence-corrected chi connectivity index (χ1v) is 15.4. The van der Waals surface area contributed by atoms with E-state index in [2.05, 4.69) is 77.5 Å². The van der Waals surface area contributed by atoms with Crippen molar-refractivity contribution in [2.75, 3.05) is 11.9 Å². The fourth-order valence-corrected chi connectivity index (χ4v) is 6.25. The van der Waals surface area contributed by atoms with E-state index in [4.69, 9.17) is 9.98 Å². The largest absolute Gasteiger partial charge is 0.370 e. The number of hydrogen-bond acceptors (Lipinski definition) is 5. The van der Waals surface area contributed by atoms with Gasteiger partial charge >= 0.3 is 0 Å². The maximum absolute atomic E-state index is 13.3. The molecule has 4 rings (SSSR count). The topological polar surface area (TPSA) is 62.0 Å². The summed E-state index contributed by atoms with van der Waals surface area (Å²) in [6.45, 7) is 29.7. The summed E-state index contributed by atoms with van der Waals surface area (Å²) in [6, 6.07) is 4.11. The molecular weight excluding hydrogens is 506 g/mol. The van der Waals surface area contributed by atoms with Crippen LogP contribution in [0.3, 0.4) is 0 Å². The van der Waals surface area contributed by atoms with Crippen LogP contribution in [-0.2, 0) is 0 Å². The number of aliphatic imine (C=N–C) groups is 1. The fraction of sp³-hybridized carbons (Fsp3) is 0.571. The van der Waals surface area contributed by atoms with Gasteiger partial charge in [0.05, 0.1) is 11.4 Å². The SMILES string of the molecule is C=C(/C=C1/C(CC)=NC(C)=CC1C)c1cc(=O)n2cc(N(C)C3CC(C)(C)NC(C)(C)C3)cc(C)c2n1.CC.CC. The van der Waals surface area contributed by atoms with Crippen LogP contribution in [0.1, 0.15) is 107 Å². The third-order valence-corrected chi connectivity index (χ3v) is 7.67. The minimum Gasteiger partial charge on any atom is -0.370 e. The molecule has 2 aliphatic heterocycles. The van der Waals surface area contributed by atoms with E-state index in [1.54, 1.807) is 10.5 Å². The van der Waals surface area contributed by atoms with Crippen molar-refractivity contribution >= 4 is 22.6 Å². The number of rotatable bonds is 5. The molecule has 4 heterocycles. The van der Waals surface area contributed by atoms with Gasteiger partial charge in [0.2, 0.25) is 0 Å². The van der Waals surface area contributed by atoms with Crippen LogP contribution in [0.25, 0.3) is 11.2 Å². The molecule has 0 radical (unpaired) electrons. The van der Waals surface area contributed by atoms with Crippen molar-refractivity contribution in [3.63, 3.8) is 0 Å². The quantitative estimate of drug-likeness (QED) is 0.400. The number of pyridine rings is 1. The van der Waals surface area contributed by atoms with E-state index < -0.39 is 0 Å². The predicted octanol–water partition coefficient (Wildman–Crippen LogP) is 8.14. The number of anilines is 1. The van der Waals surface area contributed by atoms with Gasteiger partial charge in [0.15, 0.2) is 0 Å². The molecule has 1 saturated heterocycles.